The third-order valence-electron chi connectivity index (χ3n) is 4.15. The number of aryl methyl sites for hydroxylation is 1. The van der Waals surface area contributed by atoms with Crippen molar-refractivity contribution >= 4 is 39.4 Å². The number of nitrogens with zero attached hydrogens (tertiary/aromatic N) is 1. The van der Waals surface area contributed by atoms with Gasteiger partial charge in [-0.1, -0.05) is 35.9 Å². The van der Waals surface area contributed by atoms with Crippen molar-refractivity contribution in [3.63, 3.8) is 0 Å². The summed E-state index contributed by atoms with van der Waals surface area (Å²) in [5.74, 6) is 0.0276. The molecule has 0 spiro atoms. The van der Waals surface area contributed by atoms with E-state index in [1.165, 1.54) is 0 Å². The molecule has 2 aromatic heterocycles. The molecule has 2 aromatic carbocycles. The molecule has 0 aliphatic heterocycles. The summed E-state index contributed by atoms with van der Waals surface area (Å²) in [5.41, 5.74) is 3.36. The van der Waals surface area contributed by atoms with E-state index in [1.54, 1.807) is 18.2 Å². The first kappa shape index (κ1) is 15.7. The van der Waals surface area contributed by atoms with Crippen LogP contribution in [0.4, 0.5) is 0 Å². The number of para-hydroxylation sites is 1. The van der Waals surface area contributed by atoms with Gasteiger partial charge in [0.15, 0.2) is 5.76 Å². The minimum Gasteiger partial charge on any atom is -0.450 e. The maximum atomic E-state index is 12.5. The first-order valence-electron chi connectivity index (χ1n) is 7.93. The van der Waals surface area contributed by atoms with Gasteiger partial charge < -0.3 is 9.73 Å². The summed E-state index contributed by atoms with van der Waals surface area (Å²) in [6, 6.07) is 16.8. The van der Waals surface area contributed by atoms with Gasteiger partial charge in [-0.3, -0.25) is 9.78 Å². The summed E-state index contributed by atoms with van der Waals surface area (Å²) >= 11 is 5.87. The van der Waals surface area contributed by atoms with Crippen molar-refractivity contribution in [2.24, 2.45) is 0 Å². The fourth-order valence-electron chi connectivity index (χ4n) is 2.85. The number of nitrogens with one attached hydrogen (secondary N) is 1. The highest BCUT2D eigenvalue weighted by Crippen LogP contribution is 2.29. The Kier molecular flexibility index (Phi) is 3.90. The Morgan fingerprint density at radius 1 is 1.12 bits per heavy atom. The summed E-state index contributed by atoms with van der Waals surface area (Å²) in [4.78, 5) is 17.0. The van der Waals surface area contributed by atoms with E-state index in [4.69, 9.17) is 16.0 Å². The molecule has 0 saturated carbocycles. The number of furan rings is 1. The Labute approximate surface area is 149 Å². The molecule has 0 saturated heterocycles. The van der Waals surface area contributed by atoms with Gasteiger partial charge in [0.25, 0.3) is 5.91 Å². The molecular formula is C20H15ClN2O2. The Hall–Kier alpha value is -2.85. The second-order valence-corrected chi connectivity index (χ2v) is 6.31. The van der Waals surface area contributed by atoms with E-state index in [-0.39, 0.29) is 11.7 Å². The minimum absolute atomic E-state index is 0.255. The number of hydrogen-bond acceptors (Lipinski definition) is 3. The van der Waals surface area contributed by atoms with E-state index < -0.39 is 0 Å². The third-order valence-corrected chi connectivity index (χ3v) is 4.40. The molecule has 1 N–H and O–H groups in total. The number of carbonyl (C=O) groups excluding carboxylic acids is 1. The van der Waals surface area contributed by atoms with Crippen molar-refractivity contribution in [2.75, 3.05) is 0 Å². The molecule has 0 bridgehead atoms. The fraction of sp³-hybridized carbons (Fsp3) is 0.100. The molecule has 5 heteroatoms. The van der Waals surface area contributed by atoms with E-state index in [2.05, 4.69) is 10.3 Å². The number of hydrogen-bond donors (Lipinski definition) is 1. The number of amides is 1. The highest BCUT2D eigenvalue weighted by molar-refractivity contribution is 6.30. The smallest absolute Gasteiger partial charge is 0.287 e. The predicted octanol–water partition coefficient (Wildman–Crippen LogP) is 4.87. The SMILES string of the molecule is Cc1nc2ccccc2c2oc(C(=O)NCc3ccc(Cl)cc3)cc12. The van der Waals surface area contributed by atoms with Crippen molar-refractivity contribution < 1.29 is 9.21 Å². The number of benzene rings is 2. The molecule has 124 valence electrons. The minimum atomic E-state index is -0.255. The lowest BCUT2D eigenvalue weighted by Crippen LogP contribution is -2.22. The van der Waals surface area contributed by atoms with E-state index in [0.717, 1.165) is 27.5 Å². The normalized spacial score (nSPS) is 11.1. The van der Waals surface area contributed by atoms with E-state index in [0.29, 0.717) is 17.2 Å². The molecule has 0 unspecified atom stereocenters. The van der Waals surface area contributed by atoms with Crippen molar-refractivity contribution in [1.29, 1.82) is 0 Å². The maximum absolute atomic E-state index is 12.5. The number of fused-ring (bicyclic) bond motifs is 3. The van der Waals surface area contributed by atoms with Crippen LogP contribution in [0.5, 0.6) is 0 Å². The van der Waals surface area contributed by atoms with Gasteiger partial charge in [0, 0.05) is 28.0 Å². The zero-order valence-corrected chi connectivity index (χ0v) is 14.3. The second kappa shape index (κ2) is 6.22. The molecular weight excluding hydrogens is 336 g/mol. The van der Waals surface area contributed by atoms with Crippen molar-refractivity contribution in [3.8, 4) is 0 Å². The number of carbonyl (C=O) groups is 1. The largest absolute Gasteiger partial charge is 0.450 e. The molecule has 4 nitrogen and oxygen atoms in total. The molecule has 0 radical (unpaired) electrons. The zero-order valence-electron chi connectivity index (χ0n) is 13.5. The van der Waals surface area contributed by atoms with Crippen LogP contribution in [0, 0.1) is 6.92 Å². The van der Waals surface area contributed by atoms with Gasteiger partial charge in [-0.05, 0) is 42.8 Å². The highest BCUT2D eigenvalue weighted by atomic mass is 35.5. The second-order valence-electron chi connectivity index (χ2n) is 5.88. The molecule has 4 rings (SSSR count). The lowest BCUT2D eigenvalue weighted by Gasteiger charge is -2.03. The Balaban J connectivity index is 1.64. The number of aromatic nitrogens is 1. The number of rotatable bonds is 3. The summed E-state index contributed by atoms with van der Waals surface area (Å²) in [7, 11) is 0. The van der Waals surface area contributed by atoms with Crippen molar-refractivity contribution in [2.45, 2.75) is 13.5 Å². The van der Waals surface area contributed by atoms with Crippen LogP contribution >= 0.6 is 11.6 Å². The van der Waals surface area contributed by atoms with E-state index in [1.807, 2.05) is 43.3 Å². The van der Waals surface area contributed by atoms with Gasteiger partial charge in [0.1, 0.15) is 5.58 Å². The molecule has 0 aliphatic carbocycles. The van der Waals surface area contributed by atoms with Gasteiger partial charge in [-0.2, -0.15) is 0 Å². The Bertz CT molecular complexity index is 1080. The van der Waals surface area contributed by atoms with Gasteiger partial charge >= 0.3 is 0 Å². The van der Waals surface area contributed by atoms with Crippen molar-refractivity contribution in [3.05, 3.63) is 76.6 Å². The quantitative estimate of drug-likeness (QED) is 0.573. The van der Waals surface area contributed by atoms with Crippen LogP contribution in [-0.4, -0.2) is 10.9 Å². The van der Waals surface area contributed by atoms with Gasteiger partial charge in [-0.15, -0.1) is 0 Å². The number of halogens is 1. The van der Waals surface area contributed by atoms with Gasteiger partial charge in [-0.25, -0.2) is 0 Å². The van der Waals surface area contributed by atoms with Crippen LogP contribution in [-0.2, 0) is 6.54 Å². The Morgan fingerprint density at radius 3 is 2.68 bits per heavy atom. The van der Waals surface area contributed by atoms with Crippen molar-refractivity contribution in [1.82, 2.24) is 10.3 Å². The average molecular weight is 351 g/mol. The maximum Gasteiger partial charge on any atom is 0.287 e. The van der Waals surface area contributed by atoms with Gasteiger partial charge in [0.05, 0.1) is 5.52 Å². The van der Waals surface area contributed by atoms with E-state index >= 15 is 0 Å². The van der Waals surface area contributed by atoms with Crippen LogP contribution in [0.25, 0.3) is 21.9 Å². The predicted molar refractivity (Wildman–Crippen MR) is 98.9 cm³/mol. The first-order valence-corrected chi connectivity index (χ1v) is 8.31. The van der Waals surface area contributed by atoms with E-state index in [9.17, 15) is 4.79 Å². The molecule has 0 aliphatic rings. The van der Waals surface area contributed by atoms with Crippen LogP contribution in [0.15, 0.2) is 59.0 Å². The zero-order chi connectivity index (χ0) is 17.4. The van der Waals surface area contributed by atoms with Crippen LogP contribution in [0.1, 0.15) is 21.8 Å². The standard InChI is InChI=1S/C20H15ClN2O2/c1-12-16-10-18(20(24)22-11-13-6-8-14(21)9-7-13)25-19(16)15-4-2-3-5-17(15)23-12/h2-10H,11H2,1H3,(H,22,24). The van der Waals surface area contributed by atoms with Crippen LogP contribution in [0.2, 0.25) is 5.02 Å². The molecule has 0 atom stereocenters. The summed E-state index contributed by atoms with van der Waals surface area (Å²) in [6.07, 6.45) is 0. The number of pyridine rings is 1. The summed E-state index contributed by atoms with van der Waals surface area (Å²) < 4.78 is 5.86. The summed E-state index contributed by atoms with van der Waals surface area (Å²) in [6.45, 7) is 2.32. The highest BCUT2D eigenvalue weighted by Gasteiger charge is 2.16. The molecule has 4 aromatic rings. The first-order chi connectivity index (χ1) is 12.1. The van der Waals surface area contributed by atoms with Gasteiger partial charge in [0.2, 0.25) is 0 Å². The monoisotopic (exact) mass is 350 g/mol. The molecule has 25 heavy (non-hydrogen) atoms. The average Bonchev–Trinajstić information content (AvgIpc) is 3.07. The molecule has 0 fully saturated rings. The molecule has 2 heterocycles. The third kappa shape index (κ3) is 2.96. The lowest BCUT2D eigenvalue weighted by atomic mass is 10.1. The van der Waals surface area contributed by atoms with Crippen LogP contribution < -0.4 is 5.32 Å². The van der Waals surface area contributed by atoms with Crippen LogP contribution in [0.3, 0.4) is 0 Å². The Morgan fingerprint density at radius 2 is 1.88 bits per heavy atom. The lowest BCUT2D eigenvalue weighted by molar-refractivity contribution is 0.0925. The fourth-order valence-corrected chi connectivity index (χ4v) is 2.97. The topological polar surface area (TPSA) is 55.1 Å². The summed E-state index contributed by atoms with van der Waals surface area (Å²) in [5, 5.41) is 5.30. The molecule has 1 amide bonds.